The van der Waals surface area contributed by atoms with Crippen LogP contribution in [0, 0.1) is 12.8 Å². The monoisotopic (exact) mass is 582 g/mol. The largest absolute Gasteiger partial charge is 0.490 e. The van der Waals surface area contributed by atoms with Crippen LogP contribution in [-0.4, -0.2) is 72.2 Å². The van der Waals surface area contributed by atoms with Gasteiger partial charge in [0.05, 0.1) is 16.9 Å². The first kappa shape index (κ1) is 31.5. The molecule has 0 saturated carbocycles. The highest BCUT2D eigenvalue weighted by molar-refractivity contribution is 7.09. The zero-order chi connectivity index (χ0) is 29.2. The van der Waals surface area contributed by atoms with Gasteiger partial charge in [-0.3, -0.25) is 9.58 Å². The van der Waals surface area contributed by atoms with E-state index in [0.29, 0.717) is 5.92 Å². The maximum Gasteiger partial charge on any atom is 0.490 e. The lowest BCUT2D eigenvalue weighted by atomic mass is 10.1. The number of carboxylic acids is 2. The third-order valence-electron chi connectivity index (χ3n) is 5.07. The number of aliphatic carboxylic acids is 2. The zero-order valence-electron chi connectivity index (χ0n) is 20.3. The maximum absolute atomic E-state index is 10.6. The van der Waals surface area contributed by atoms with E-state index in [9.17, 15) is 26.3 Å². The second-order valence-corrected chi connectivity index (χ2v) is 9.04. The Morgan fingerprint density at radius 3 is 2.18 bits per heavy atom. The van der Waals surface area contributed by atoms with Gasteiger partial charge in [0.1, 0.15) is 5.82 Å². The molecule has 0 fully saturated rings. The number of nitrogens with one attached hydrogen (secondary N) is 1. The normalized spacial score (nSPS) is 15.5. The summed E-state index contributed by atoms with van der Waals surface area (Å²) in [7, 11) is 0. The van der Waals surface area contributed by atoms with Crippen LogP contribution in [0.25, 0.3) is 0 Å². The molecule has 1 unspecified atom stereocenters. The van der Waals surface area contributed by atoms with Crippen molar-refractivity contribution in [3.8, 4) is 0 Å². The van der Waals surface area contributed by atoms with Gasteiger partial charge in [-0.2, -0.15) is 31.4 Å². The van der Waals surface area contributed by atoms with E-state index in [4.69, 9.17) is 19.8 Å². The van der Waals surface area contributed by atoms with Gasteiger partial charge < -0.3 is 15.5 Å². The van der Waals surface area contributed by atoms with Gasteiger partial charge in [-0.1, -0.05) is 6.07 Å². The number of halogens is 6. The molecule has 1 atom stereocenters. The van der Waals surface area contributed by atoms with Crippen molar-refractivity contribution in [1.82, 2.24) is 24.6 Å². The molecular weight excluding hydrogens is 558 g/mol. The third-order valence-corrected chi connectivity index (χ3v) is 5.99. The van der Waals surface area contributed by atoms with Crippen LogP contribution in [0.2, 0.25) is 0 Å². The van der Waals surface area contributed by atoms with Crippen molar-refractivity contribution >= 4 is 29.1 Å². The summed E-state index contributed by atoms with van der Waals surface area (Å²) in [5, 5.41) is 22.2. The maximum atomic E-state index is 10.6. The number of hydrogen-bond donors (Lipinski definition) is 3. The third kappa shape index (κ3) is 10.9. The van der Waals surface area contributed by atoms with Crippen LogP contribution in [0.3, 0.4) is 0 Å². The van der Waals surface area contributed by atoms with Gasteiger partial charge in [0.2, 0.25) is 0 Å². The molecule has 0 aromatic carbocycles. The molecule has 3 N–H and O–H groups in total. The molecule has 10 nitrogen and oxygen atoms in total. The van der Waals surface area contributed by atoms with Gasteiger partial charge >= 0.3 is 24.3 Å². The van der Waals surface area contributed by atoms with Crippen molar-refractivity contribution in [3.63, 3.8) is 0 Å². The number of nitrogens with zero attached hydrogens (tertiary/aromatic N) is 5. The highest BCUT2D eigenvalue weighted by atomic mass is 32.1. The van der Waals surface area contributed by atoms with E-state index < -0.39 is 24.3 Å². The number of carboxylic acid groups (broad SMARTS) is 2. The predicted molar refractivity (Wildman–Crippen MR) is 127 cm³/mol. The van der Waals surface area contributed by atoms with Crippen LogP contribution in [0.4, 0.5) is 32.2 Å². The van der Waals surface area contributed by atoms with Crippen molar-refractivity contribution in [2.24, 2.45) is 5.92 Å². The molecule has 1 aliphatic heterocycles. The lowest BCUT2D eigenvalue weighted by Crippen LogP contribution is -2.31. The molecule has 4 heterocycles. The number of hydrogen-bond acceptors (Lipinski definition) is 8. The summed E-state index contributed by atoms with van der Waals surface area (Å²) < 4.78 is 65.6. The Morgan fingerprint density at radius 1 is 1.03 bits per heavy atom. The highest BCUT2D eigenvalue weighted by Crippen LogP contribution is 2.21. The van der Waals surface area contributed by atoms with Crippen molar-refractivity contribution in [2.75, 3.05) is 18.4 Å². The number of anilines is 1. The predicted octanol–water partition coefficient (Wildman–Crippen LogP) is 4.05. The molecule has 0 bridgehead atoms. The van der Waals surface area contributed by atoms with Gasteiger partial charge in [-0.25, -0.2) is 19.6 Å². The number of aromatic nitrogens is 4. The summed E-state index contributed by atoms with van der Waals surface area (Å²) in [5.41, 5.74) is 4.36. The average molecular weight is 583 g/mol. The van der Waals surface area contributed by atoms with Gasteiger partial charge in [0.25, 0.3) is 0 Å². The molecule has 3 aromatic heterocycles. The van der Waals surface area contributed by atoms with Crippen molar-refractivity contribution in [3.05, 3.63) is 58.4 Å². The first-order chi connectivity index (χ1) is 18.2. The Kier molecular flexibility index (Phi) is 11.2. The number of thiazole rings is 1. The number of pyridine rings is 1. The van der Waals surface area contributed by atoms with E-state index in [1.54, 1.807) is 11.3 Å². The van der Waals surface area contributed by atoms with Gasteiger partial charge in [0, 0.05) is 55.9 Å². The number of rotatable bonds is 5. The molecule has 0 spiro atoms. The zero-order valence-corrected chi connectivity index (χ0v) is 21.1. The molecule has 0 amide bonds. The van der Waals surface area contributed by atoms with Crippen molar-refractivity contribution in [1.29, 1.82) is 0 Å². The van der Waals surface area contributed by atoms with Crippen LogP contribution < -0.4 is 5.32 Å². The quantitative estimate of drug-likeness (QED) is 0.381. The minimum atomic E-state index is -5.08. The smallest absolute Gasteiger partial charge is 0.475 e. The van der Waals surface area contributed by atoms with E-state index in [0.717, 1.165) is 44.2 Å². The van der Waals surface area contributed by atoms with E-state index in [1.807, 2.05) is 36.1 Å². The number of aryl methyl sites for hydroxylation is 1. The molecule has 17 heteroatoms. The summed E-state index contributed by atoms with van der Waals surface area (Å²) >= 11 is 1.74. The fourth-order valence-electron chi connectivity index (χ4n) is 3.27. The summed E-state index contributed by atoms with van der Waals surface area (Å²) in [4.78, 5) is 30.4. The molecule has 3 aromatic rings. The summed E-state index contributed by atoms with van der Waals surface area (Å²) in [5.74, 6) is -4.12. The van der Waals surface area contributed by atoms with Crippen LogP contribution in [0.15, 0.2) is 42.2 Å². The van der Waals surface area contributed by atoms with E-state index in [2.05, 4.69) is 43.0 Å². The fourth-order valence-corrected chi connectivity index (χ4v) is 4.09. The van der Waals surface area contributed by atoms with Gasteiger partial charge in [-0.15, -0.1) is 11.3 Å². The van der Waals surface area contributed by atoms with Crippen LogP contribution in [-0.2, 0) is 29.2 Å². The number of fused-ring (bicyclic) bond motifs is 1. The molecule has 214 valence electrons. The number of carbonyl (C=O) groups is 2. The van der Waals surface area contributed by atoms with E-state index in [1.165, 1.54) is 10.6 Å². The Balaban J connectivity index is 0.000000317. The summed E-state index contributed by atoms with van der Waals surface area (Å²) in [6, 6.07) is 8.08. The SMILES string of the molecule is Cc1ncsc1CN1Cc2ccnn2CC(CNc2ccccn2)C1.O=C(O)C(F)(F)F.O=C(O)C(F)(F)F. The van der Waals surface area contributed by atoms with E-state index >= 15 is 0 Å². The Labute approximate surface area is 221 Å². The van der Waals surface area contributed by atoms with Gasteiger partial charge in [-0.05, 0) is 25.1 Å². The van der Waals surface area contributed by atoms with Crippen molar-refractivity contribution < 1.29 is 46.1 Å². The Hall–Kier alpha value is -3.73. The molecule has 1 aliphatic rings. The second kappa shape index (κ2) is 13.9. The second-order valence-electron chi connectivity index (χ2n) is 8.10. The first-order valence-electron chi connectivity index (χ1n) is 11.0. The molecule has 0 saturated heterocycles. The Bertz CT molecular complexity index is 1180. The van der Waals surface area contributed by atoms with E-state index in [-0.39, 0.29) is 0 Å². The van der Waals surface area contributed by atoms with Crippen LogP contribution in [0.5, 0.6) is 0 Å². The van der Waals surface area contributed by atoms with Crippen LogP contribution >= 0.6 is 11.3 Å². The molecule has 0 aliphatic carbocycles. The highest BCUT2D eigenvalue weighted by Gasteiger charge is 2.38. The minimum Gasteiger partial charge on any atom is -0.475 e. The standard InChI is InChI=1S/C18H22N6S.2C2HF3O2/c1-14-17(25-13-21-14)12-23-9-15(8-20-18-4-2-3-6-19-18)10-24-16(11-23)5-7-22-24;2*3-2(4,5)1(6)7/h2-7,13,15H,8-12H2,1H3,(H,19,20);2*(H,6,7). The van der Waals surface area contributed by atoms with Crippen LogP contribution in [0.1, 0.15) is 16.3 Å². The summed E-state index contributed by atoms with van der Waals surface area (Å²) in [6.07, 6.45) is -6.44. The minimum absolute atomic E-state index is 0.469. The number of alkyl halides is 6. The molecule has 39 heavy (non-hydrogen) atoms. The molecular formula is C22H24F6N6O4S. The molecule has 0 radical (unpaired) electrons. The first-order valence-corrected chi connectivity index (χ1v) is 11.9. The van der Waals surface area contributed by atoms with Gasteiger partial charge in [0.15, 0.2) is 0 Å². The topological polar surface area (TPSA) is 133 Å². The Morgan fingerprint density at radius 2 is 1.67 bits per heavy atom. The average Bonchev–Trinajstić information content (AvgIpc) is 3.41. The lowest BCUT2D eigenvalue weighted by molar-refractivity contribution is -0.193. The van der Waals surface area contributed by atoms with Crippen molar-refractivity contribution in [2.45, 2.75) is 38.9 Å². The summed E-state index contributed by atoms with van der Waals surface area (Å²) in [6.45, 7) is 6.81. The lowest BCUT2D eigenvalue weighted by Gasteiger charge is -2.24. The molecule has 4 rings (SSSR count). The fraction of sp³-hybridized carbons (Fsp3) is 0.409.